The molecule has 5 rings (SSSR count). The summed E-state index contributed by atoms with van der Waals surface area (Å²) in [5.74, 6) is 0.0192. The Bertz CT molecular complexity index is 1340. The monoisotopic (exact) mass is 469 g/mol. The first-order valence-corrected chi connectivity index (χ1v) is 10.4. The van der Waals surface area contributed by atoms with Crippen LogP contribution in [-0.2, 0) is 0 Å². The first kappa shape index (κ1) is 19.1. The highest BCUT2D eigenvalue weighted by Gasteiger charge is 2.38. The summed E-state index contributed by atoms with van der Waals surface area (Å²) >= 11 is 3.44. The van der Waals surface area contributed by atoms with Crippen molar-refractivity contribution >= 4 is 15.9 Å². The summed E-state index contributed by atoms with van der Waals surface area (Å²) in [6, 6.07) is 27.3. The summed E-state index contributed by atoms with van der Waals surface area (Å²) in [7, 11) is 0. The second-order valence-electron chi connectivity index (χ2n) is 6.99. The molecule has 7 heteroatoms. The second kappa shape index (κ2) is 7.74. The molecule has 0 saturated carbocycles. The van der Waals surface area contributed by atoms with E-state index in [9.17, 15) is 5.26 Å². The zero-order chi connectivity index (χ0) is 21.4. The standard InChI is InChI=1S/C24H16BrN5O/c25-19-13-7-12-18(28-19)20-17(14-26)23(27)31-24-21(20)22(15-8-3-1-4-9-15)29-30(24)16-10-5-2-6-11-16/h1-13,20H,27H2. The number of fused-ring (bicyclic) bond motifs is 1. The van der Waals surface area contributed by atoms with Gasteiger partial charge in [0.25, 0.3) is 0 Å². The van der Waals surface area contributed by atoms with Crippen LogP contribution in [0.4, 0.5) is 0 Å². The summed E-state index contributed by atoms with van der Waals surface area (Å²) in [5.41, 5.74) is 10.4. The fourth-order valence-electron chi connectivity index (χ4n) is 3.77. The molecule has 1 atom stereocenters. The minimum Gasteiger partial charge on any atom is -0.422 e. The van der Waals surface area contributed by atoms with E-state index in [-0.39, 0.29) is 5.88 Å². The van der Waals surface area contributed by atoms with Crippen LogP contribution in [-0.4, -0.2) is 14.8 Å². The number of benzene rings is 2. The van der Waals surface area contributed by atoms with Crippen LogP contribution in [0.25, 0.3) is 16.9 Å². The highest BCUT2D eigenvalue weighted by atomic mass is 79.9. The maximum Gasteiger partial charge on any atom is 0.229 e. The van der Waals surface area contributed by atoms with Gasteiger partial charge in [0, 0.05) is 5.56 Å². The maximum absolute atomic E-state index is 9.94. The fourth-order valence-corrected chi connectivity index (χ4v) is 4.13. The predicted octanol–water partition coefficient (Wildman–Crippen LogP) is 4.91. The molecule has 0 saturated heterocycles. The Labute approximate surface area is 187 Å². The Hall–Kier alpha value is -3.89. The number of nitrogens with two attached hydrogens (primary N) is 1. The highest BCUT2D eigenvalue weighted by Crippen LogP contribution is 2.47. The van der Waals surface area contributed by atoms with E-state index in [1.165, 1.54) is 0 Å². The molecular formula is C24H16BrN5O. The Balaban J connectivity index is 1.84. The van der Waals surface area contributed by atoms with Crippen LogP contribution in [0.1, 0.15) is 17.2 Å². The van der Waals surface area contributed by atoms with Crippen molar-refractivity contribution in [2.45, 2.75) is 5.92 Å². The van der Waals surface area contributed by atoms with E-state index in [1.54, 1.807) is 4.68 Å². The number of hydrogen-bond donors (Lipinski definition) is 1. The number of allylic oxidation sites excluding steroid dienone is 1. The van der Waals surface area contributed by atoms with Gasteiger partial charge in [0.05, 0.1) is 22.9 Å². The third-order valence-corrected chi connectivity index (χ3v) is 5.57. The van der Waals surface area contributed by atoms with E-state index in [2.05, 4.69) is 27.0 Å². The molecule has 1 aliphatic heterocycles. The van der Waals surface area contributed by atoms with Crippen molar-refractivity contribution in [3.63, 3.8) is 0 Å². The molecule has 0 radical (unpaired) electrons. The molecule has 3 heterocycles. The predicted molar refractivity (Wildman–Crippen MR) is 120 cm³/mol. The van der Waals surface area contributed by atoms with Crippen LogP contribution in [0.3, 0.4) is 0 Å². The van der Waals surface area contributed by atoms with Crippen molar-refractivity contribution in [3.05, 3.63) is 106 Å². The molecule has 0 amide bonds. The van der Waals surface area contributed by atoms with Gasteiger partial charge in [-0.1, -0.05) is 54.6 Å². The average molecular weight is 470 g/mol. The SMILES string of the molecule is N#CC1=C(N)Oc2c(c(-c3ccccc3)nn2-c2ccccc2)C1c1cccc(Br)n1. The first-order valence-electron chi connectivity index (χ1n) is 9.61. The lowest BCUT2D eigenvalue weighted by atomic mass is 9.85. The summed E-state index contributed by atoms with van der Waals surface area (Å²) in [5, 5.41) is 14.8. The van der Waals surface area contributed by atoms with E-state index in [0.717, 1.165) is 16.8 Å². The van der Waals surface area contributed by atoms with Crippen molar-refractivity contribution in [2.75, 3.05) is 0 Å². The lowest BCUT2D eigenvalue weighted by Crippen LogP contribution is -2.22. The van der Waals surface area contributed by atoms with Gasteiger partial charge in [0.15, 0.2) is 0 Å². The number of halogens is 1. The molecule has 1 unspecified atom stereocenters. The van der Waals surface area contributed by atoms with E-state index in [0.29, 0.717) is 27.4 Å². The smallest absolute Gasteiger partial charge is 0.229 e. The van der Waals surface area contributed by atoms with Gasteiger partial charge in [-0.25, -0.2) is 4.98 Å². The van der Waals surface area contributed by atoms with Gasteiger partial charge in [0.1, 0.15) is 21.9 Å². The Kier molecular flexibility index (Phi) is 4.77. The Morgan fingerprint density at radius 1 is 0.968 bits per heavy atom. The molecule has 1 aliphatic rings. The number of aromatic nitrogens is 3. The van der Waals surface area contributed by atoms with Crippen molar-refractivity contribution < 1.29 is 4.74 Å². The van der Waals surface area contributed by atoms with Crippen LogP contribution in [0.15, 0.2) is 94.9 Å². The van der Waals surface area contributed by atoms with Crippen molar-refractivity contribution in [1.82, 2.24) is 14.8 Å². The average Bonchev–Trinajstić information content (AvgIpc) is 3.18. The topological polar surface area (TPSA) is 89.8 Å². The van der Waals surface area contributed by atoms with Gasteiger partial charge < -0.3 is 10.5 Å². The maximum atomic E-state index is 9.94. The molecule has 31 heavy (non-hydrogen) atoms. The fraction of sp³-hybridized carbons (Fsp3) is 0.0417. The van der Waals surface area contributed by atoms with Crippen LogP contribution in [0.2, 0.25) is 0 Å². The molecule has 0 spiro atoms. The largest absolute Gasteiger partial charge is 0.422 e. The molecule has 6 nitrogen and oxygen atoms in total. The number of rotatable bonds is 3. The highest BCUT2D eigenvalue weighted by molar-refractivity contribution is 9.10. The minimum atomic E-state index is -0.515. The molecule has 4 aromatic rings. The molecule has 2 aromatic carbocycles. The molecule has 2 N–H and O–H groups in total. The number of pyridine rings is 1. The molecule has 0 fully saturated rings. The lowest BCUT2D eigenvalue weighted by molar-refractivity contribution is 0.366. The van der Waals surface area contributed by atoms with Gasteiger partial charge in [-0.2, -0.15) is 15.0 Å². The summed E-state index contributed by atoms with van der Waals surface area (Å²) < 4.78 is 8.40. The third-order valence-electron chi connectivity index (χ3n) is 5.13. The number of hydrogen-bond acceptors (Lipinski definition) is 5. The van der Waals surface area contributed by atoms with E-state index in [4.69, 9.17) is 15.6 Å². The molecule has 150 valence electrons. The van der Waals surface area contributed by atoms with Crippen LogP contribution >= 0.6 is 15.9 Å². The quantitative estimate of drug-likeness (QED) is 0.430. The normalized spacial score (nSPS) is 15.2. The number of nitriles is 1. The summed E-state index contributed by atoms with van der Waals surface area (Å²) in [6.45, 7) is 0. The Morgan fingerprint density at radius 2 is 1.68 bits per heavy atom. The van der Waals surface area contributed by atoms with Gasteiger partial charge in [-0.15, -0.1) is 0 Å². The molecule has 0 bridgehead atoms. The summed E-state index contributed by atoms with van der Waals surface area (Å²) in [6.07, 6.45) is 0. The van der Waals surface area contributed by atoms with E-state index >= 15 is 0 Å². The lowest BCUT2D eigenvalue weighted by Gasteiger charge is -2.24. The minimum absolute atomic E-state index is 0.0541. The number of nitrogens with zero attached hydrogens (tertiary/aromatic N) is 4. The van der Waals surface area contributed by atoms with Crippen LogP contribution < -0.4 is 10.5 Å². The van der Waals surface area contributed by atoms with Gasteiger partial charge in [-0.3, -0.25) is 0 Å². The number of ether oxygens (including phenoxy) is 1. The summed E-state index contributed by atoms with van der Waals surface area (Å²) in [4.78, 5) is 4.63. The van der Waals surface area contributed by atoms with Gasteiger partial charge in [0.2, 0.25) is 11.8 Å². The van der Waals surface area contributed by atoms with Crippen molar-refractivity contribution in [3.8, 4) is 28.9 Å². The zero-order valence-corrected chi connectivity index (χ0v) is 17.8. The molecule has 0 aliphatic carbocycles. The van der Waals surface area contributed by atoms with E-state index < -0.39 is 5.92 Å². The second-order valence-corrected chi connectivity index (χ2v) is 7.80. The first-order chi connectivity index (χ1) is 15.2. The van der Waals surface area contributed by atoms with Gasteiger partial charge >= 0.3 is 0 Å². The van der Waals surface area contributed by atoms with Gasteiger partial charge in [-0.05, 0) is 40.2 Å². The molecular weight excluding hydrogens is 454 g/mol. The molecule has 2 aromatic heterocycles. The van der Waals surface area contributed by atoms with Crippen molar-refractivity contribution in [1.29, 1.82) is 5.26 Å². The third kappa shape index (κ3) is 3.27. The zero-order valence-electron chi connectivity index (χ0n) is 16.2. The van der Waals surface area contributed by atoms with Crippen LogP contribution in [0, 0.1) is 11.3 Å². The van der Waals surface area contributed by atoms with Crippen LogP contribution in [0.5, 0.6) is 5.88 Å². The Morgan fingerprint density at radius 3 is 2.35 bits per heavy atom. The van der Waals surface area contributed by atoms with Crippen molar-refractivity contribution in [2.24, 2.45) is 5.73 Å². The number of para-hydroxylation sites is 1. The van der Waals surface area contributed by atoms with E-state index in [1.807, 2.05) is 78.9 Å².